The first-order valence-corrected chi connectivity index (χ1v) is 7.33. The molecule has 0 spiro atoms. The van der Waals surface area contributed by atoms with Crippen LogP contribution in [0.2, 0.25) is 0 Å². The molecule has 1 aliphatic rings. The highest BCUT2D eigenvalue weighted by atomic mass is 35.5. The molecule has 0 amide bonds. The Kier molecular flexibility index (Phi) is 7.58. The lowest BCUT2D eigenvalue weighted by Crippen LogP contribution is -2.54. The Hall–Kier alpha value is 0.120. The summed E-state index contributed by atoms with van der Waals surface area (Å²) >= 11 is 0. The minimum absolute atomic E-state index is 0. The van der Waals surface area contributed by atoms with E-state index in [0.717, 1.165) is 19.4 Å². The summed E-state index contributed by atoms with van der Waals surface area (Å²) in [6.45, 7) is 6.56. The van der Waals surface area contributed by atoms with E-state index in [0.29, 0.717) is 19.6 Å². The van der Waals surface area contributed by atoms with Crippen molar-refractivity contribution in [2.45, 2.75) is 32.7 Å². The van der Waals surface area contributed by atoms with E-state index in [1.54, 1.807) is 11.4 Å². The number of hydrogen-bond acceptors (Lipinski definition) is 3. The van der Waals surface area contributed by atoms with Crippen molar-refractivity contribution in [3.05, 3.63) is 0 Å². The second kappa shape index (κ2) is 7.53. The number of rotatable bonds is 5. The first-order chi connectivity index (χ1) is 7.48. The van der Waals surface area contributed by atoms with Gasteiger partial charge in [0.05, 0.1) is 0 Å². The summed E-state index contributed by atoms with van der Waals surface area (Å²) in [5, 5.41) is 3.24. The average molecular weight is 286 g/mol. The van der Waals surface area contributed by atoms with Gasteiger partial charge in [0.15, 0.2) is 0 Å². The second-order valence-electron chi connectivity index (χ2n) is 4.40. The molecule has 1 saturated heterocycles. The SMILES string of the molecule is CCCCN(C)S(=O)(=O)N1CCNC(C)C1.Cl. The molecule has 0 aromatic rings. The van der Waals surface area contributed by atoms with Gasteiger partial charge in [0.2, 0.25) is 0 Å². The van der Waals surface area contributed by atoms with Crippen LogP contribution in [0.4, 0.5) is 0 Å². The summed E-state index contributed by atoms with van der Waals surface area (Å²) in [4.78, 5) is 0. The van der Waals surface area contributed by atoms with E-state index in [2.05, 4.69) is 12.2 Å². The van der Waals surface area contributed by atoms with Crippen molar-refractivity contribution in [3.63, 3.8) is 0 Å². The molecule has 1 N–H and O–H groups in total. The van der Waals surface area contributed by atoms with Gasteiger partial charge in [0, 0.05) is 39.3 Å². The van der Waals surface area contributed by atoms with Crippen LogP contribution in [0.15, 0.2) is 0 Å². The molecule has 1 fully saturated rings. The van der Waals surface area contributed by atoms with Crippen LogP contribution in [0, 0.1) is 0 Å². The van der Waals surface area contributed by atoms with Crippen molar-refractivity contribution in [1.29, 1.82) is 0 Å². The van der Waals surface area contributed by atoms with Crippen LogP contribution < -0.4 is 5.32 Å². The van der Waals surface area contributed by atoms with Crippen molar-refractivity contribution in [2.24, 2.45) is 0 Å². The summed E-state index contributed by atoms with van der Waals surface area (Å²) in [5.74, 6) is 0. The van der Waals surface area contributed by atoms with Crippen LogP contribution in [0.25, 0.3) is 0 Å². The summed E-state index contributed by atoms with van der Waals surface area (Å²) in [6.07, 6.45) is 1.93. The van der Waals surface area contributed by atoms with Gasteiger partial charge >= 0.3 is 0 Å². The van der Waals surface area contributed by atoms with Crippen molar-refractivity contribution < 1.29 is 8.42 Å². The standard InChI is InChI=1S/C10H23N3O2S.ClH/c1-4-5-7-12(3)16(14,15)13-8-6-11-10(2)9-13;/h10-11H,4-9H2,1-3H3;1H. The van der Waals surface area contributed by atoms with Crippen molar-refractivity contribution >= 4 is 22.6 Å². The summed E-state index contributed by atoms with van der Waals surface area (Å²) < 4.78 is 27.4. The largest absolute Gasteiger partial charge is 0.312 e. The Balaban J connectivity index is 0.00000256. The predicted molar refractivity (Wildman–Crippen MR) is 72.7 cm³/mol. The maximum absolute atomic E-state index is 12.2. The molecule has 1 aliphatic heterocycles. The van der Waals surface area contributed by atoms with Gasteiger partial charge in [-0.1, -0.05) is 13.3 Å². The fraction of sp³-hybridized carbons (Fsp3) is 1.00. The number of nitrogens with one attached hydrogen (secondary N) is 1. The summed E-state index contributed by atoms with van der Waals surface area (Å²) in [5.41, 5.74) is 0. The molecule has 0 bridgehead atoms. The smallest absolute Gasteiger partial charge is 0.281 e. The molecule has 7 heteroatoms. The van der Waals surface area contributed by atoms with Gasteiger partial charge in [-0.3, -0.25) is 0 Å². The average Bonchev–Trinajstić information content (AvgIpc) is 2.25. The molecule has 104 valence electrons. The van der Waals surface area contributed by atoms with Gasteiger partial charge in [-0.15, -0.1) is 12.4 Å². The Morgan fingerprint density at radius 1 is 1.47 bits per heavy atom. The summed E-state index contributed by atoms with van der Waals surface area (Å²) in [6, 6.07) is 0.239. The van der Waals surface area contributed by atoms with Crippen LogP contribution in [-0.2, 0) is 10.2 Å². The first kappa shape index (κ1) is 17.1. The highest BCUT2D eigenvalue weighted by Gasteiger charge is 2.29. The second-order valence-corrected chi connectivity index (χ2v) is 6.43. The zero-order chi connectivity index (χ0) is 12.2. The van der Waals surface area contributed by atoms with Crippen LogP contribution in [-0.4, -0.2) is 56.3 Å². The molecule has 5 nitrogen and oxygen atoms in total. The van der Waals surface area contributed by atoms with Gasteiger partial charge < -0.3 is 5.32 Å². The van der Waals surface area contributed by atoms with Gasteiger partial charge in [0.25, 0.3) is 10.2 Å². The zero-order valence-corrected chi connectivity index (χ0v) is 12.5. The zero-order valence-electron chi connectivity index (χ0n) is 10.8. The molecule has 0 aromatic heterocycles. The van der Waals surface area contributed by atoms with Crippen LogP contribution in [0.3, 0.4) is 0 Å². The summed E-state index contributed by atoms with van der Waals surface area (Å²) in [7, 11) is -1.58. The normalized spacial score (nSPS) is 22.5. The molecule has 1 heterocycles. The van der Waals surface area contributed by atoms with Crippen LogP contribution in [0.5, 0.6) is 0 Å². The lowest BCUT2D eigenvalue weighted by atomic mass is 10.3. The Morgan fingerprint density at radius 2 is 2.12 bits per heavy atom. The van der Waals surface area contributed by atoms with E-state index >= 15 is 0 Å². The van der Waals surface area contributed by atoms with Gasteiger partial charge in [-0.05, 0) is 13.3 Å². The number of unbranched alkanes of at least 4 members (excludes halogenated alkanes) is 1. The molecule has 1 unspecified atom stereocenters. The maximum Gasteiger partial charge on any atom is 0.281 e. The van der Waals surface area contributed by atoms with E-state index in [4.69, 9.17) is 0 Å². The quantitative estimate of drug-likeness (QED) is 0.808. The van der Waals surface area contributed by atoms with Crippen molar-refractivity contribution in [2.75, 3.05) is 33.2 Å². The molecule has 0 radical (unpaired) electrons. The van der Waals surface area contributed by atoms with E-state index in [1.807, 2.05) is 6.92 Å². The molecule has 0 saturated carbocycles. The number of halogens is 1. The molecule has 17 heavy (non-hydrogen) atoms. The highest BCUT2D eigenvalue weighted by molar-refractivity contribution is 7.86. The lowest BCUT2D eigenvalue weighted by molar-refractivity contribution is 0.288. The molecule has 1 atom stereocenters. The first-order valence-electron chi connectivity index (χ1n) is 5.93. The molecular formula is C10H24ClN3O2S. The monoisotopic (exact) mass is 285 g/mol. The third kappa shape index (κ3) is 4.71. The fourth-order valence-electron chi connectivity index (χ4n) is 1.80. The van der Waals surface area contributed by atoms with Crippen molar-refractivity contribution in [3.8, 4) is 0 Å². The minimum atomic E-state index is -3.24. The van der Waals surface area contributed by atoms with E-state index in [1.165, 1.54) is 4.31 Å². The molecule has 0 aliphatic carbocycles. The van der Waals surface area contributed by atoms with Crippen LogP contribution in [0.1, 0.15) is 26.7 Å². The third-order valence-corrected chi connectivity index (χ3v) is 4.83. The number of nitrogens with zero attached hydrogens (tertiary/aromatic N) is 2. The fourth-order valence-corrected chi connectivity index (χ4v) is 3.29. The van der Waals surface area contributed by atoms with Crippen LogP contribution >= 0.6 is 12.4 Å². The predicted octanol–water partition coefficient (Wildman–Crippen LogP) is 0.679. The molecule has 1 rings (SSSR count). The highest BCUT2D eigenvalue weighted by Crippen LogP contribution is 2.10. The lowest BCUT2D eigenvalue weighted by Gasteiger charge is -2.33. The van der Waals surface area contributed by atoms with Gasteiger partial charge in [0.1, 0.15) is 0 Å². The van der Waals surface area contributed by atoms with E-state index in [-0.39, 0.29) is 18.4 Å². The topological polar surface area (TPSA) is 52.7 Å². The Morgan fingerprint density at radius 3 is 2.65 bits per heavy atom. The van der Waals surface area contributed by atoms with E-state index < -0.39 is 10.2 Å². The molecular weight excluding hydrogens is 262 g/mol. The van der Waals surface area contributed by atoms with Gasteiger partial charge in [-0.25, -0.2) is 0 Å². The Bertz CT molecular complexity index is 311. The minimum Gasteiger partial charge on any atom is -0.312 e. The number of piperazine rings is 1. The molecule has 0 aromatic carbocycles. The van der Waals surface area contributed by atoms with Gasteiger partial charge in [-0.2, -0.15) is 17.0 Å². The third-order valence-electron chi connectivity index (χ3n) is 2.88. The Labute approximate surface area is 111 Å². The van der Waals surface area contributed by atoms with Crippen molar-refractivity contribution in [1.82, 2.24) is 13.9 Å². The van der Waals surface area contributed by atoms with E-state index in [9.17, 15) is 8.42 Å². The maximum atomic E-state index is 12.2. The number of hydrogen-bond donors (Lipinski definition) is 1.